The lowest BCUT2D eigenvalue weighted by Crippen LogP contribution is -2.04. The van der Waals surface area contributed by atoms with E-state index in [4.69, 9.17) is 13.8 Å². The SMILES string of the molecule is Ic1c(-c2cccc3oc4ccc5c6ccccc6oc5c4c23)cc(-c2ccc3ccccc3c2)nc1-n1c2ccccc2c2ccccc21. The molecule has 4 heterocycles. The number of hydrogen-bond acceptors (Lipinski definition) is 3. The second-order valence-corrected chi connectivity index (χ2v) is 13.9. The molecule has 4 aromatic heterocycles. The van der Waals surface area contributed by atoms with Crippen LogP contribution in [0.4, 0.5) is 0 Å². The molecule has 0 aliphatic rings. The third-order valence-corrected chi connectivity index (χ3v) is 11.1. The highest BCUT2D eigenvalue weighted by atomic mass is 127. The Morgan fingerprint density at radius 1 is 0.480 bits per heavy atom. The molecule has 0 spiro atoms. The van der Waals surface area contributed by atoms with Gasteiger partial charge in [-0.2, -0.15) is 0 Å². The fourth-order valence-corrected chi connectivity index (χ4v) is 8.63. The minimum absolute atomic E-state index is 0.806. The van der Waals surface area contributed by atoms with Crippen LogP contribution in [0.3, 0.4) is 0 Å². The van der Waals surface area contributed by atoms with E-state index in [1.54, 1.807) is 0 Å². The van der Waals surface area contributed by atoms with Gasteiger partial charge in [0, 0.05) is 38.1 Å². The summed E-state index contributed by atoms with van der Waals surface area (Å²) in [5, 5.41) is 8.99. The first-order chi connectivity index (χ1) is 24.7. The van der Waals surface area contributed by atoms with Crippen molar-refractivity contribution in [3.63, 3.8) is 0 Å². The van der Waals surface area contributed by atoms with Crippen molar-refractivity contribution in [3.8, 4) is 28.2 Å². The Bertz CT molecular complexity index is 3130. The van der Waals surface area contributed by atoms with Gasteiger partial charge in [-0.15, -0.1) is 0 Å². The highest BCUT2D eigenvalue weighted by molar-refractivity contribution is 14.1. The predicted molar refractivity (Wildman–Crippen MR) is 214 cm³/mol. The van der Waals surface area contributed by atoms with Gasteiger partial charge < -0.3 is 8.83 Å². The van der Waals surface area contributed by atoms with Crippen molar-refractivity contribution in [2.45, 2.75) is 0 Å². The number of nitrogens with zero attached hydrogens (tertiary/aromatic N) is 2. The molecule has 5 heteroatoms. The van der Waals surface area contributed by atoms with Crippen LogP contribution in [0.5, 0.6) is 0 Å². The topological polar surface area (TPSA) is 44.1 Å². The summed E-state index contributed by atoms with van der Waals surface area (Å²) in [6.45, 7) is 0. The number of aromatic nitrogens is 2. The zero-order chi connectivity index (χ0) is 32.9. The molecule has 7 aromatic carbocycles. The van der Waals surface area contributed by atoms with Gasteiger partial charge in [0.1, 0.15) is 22.3 Å². The van der Waals surface area contributed by atoms with Gasteiger partial charge in [-0.1, -0.05) is 103 Å². The van der Waals surface area contributed by atoms with Gasteiger partial charge in [0.2, 0.25) is 0 Å². The molecular weight excluding hydrogens is 727 g/mol. The minimum atomic E-state index is 0.806. The van der Waals surface area contributed by atoms with Crippen LogP contribution in [0.1, 0.15) is 0 Å². The molecule has 11 rings (SSSR count). The van der Waals surface area contributed by atoms with Crippen LogP contribution in [-0.2, 0) is 0 Å². The molecule has 0 saturated heterocycles. The van der Waals surface area contributed by atoms with Gasteiger partial charge in [0.05, 0.1) is 25.7 Å². The molecule has 0 bridgehead atoms. The first-order valence-electron chi connectivity index (χ1n) is 16.7. The number of pyridine rings is 1. The number of hydrogen-bond donors (Lipinski definition) is 0. The van der Waals surface area contributed by atoms with Crippen LogP contribution >= 0.6 is 22.6 Å². The average molecular weight is 753 g/mol. The molecule has 0 radical (unpaired) electrons. The van der Waals surface area contributed by atoms with Gasteiger partial charge in [0.25, 0.3) is 0 Å². The normalized spacial score (nSPS) is 12.1. The number of halogens is 1. The quantitative estimate of drug-likeness (QED) is 0.169. The number of furan rings is 2. The first kappa shape index (κ1) is 28.0. The number of para-hydroxylation sites is 3. The Labute approximate surface area is 299 Å². The van der Waals surface area contributed by atoms with Gasteiger partial charge >= 0.3 is 0 Å². The van der Waals surface area contributed by atoms with E-state index in [0.717, 1.165) is 86.7 Å². The Morgan fingerprint density at radius 2 is 1.16 bits per heavy atom. The van der Waals surface area contributed by atoms with Gasteiger partial charge in [-0.3, -0.25) is 4.57 Å². The van der Waals surface area contributed by atoms with Crippen LogP contribution < -0.4 is 0 Å². The number of rotatable bonds is 3. The molecule has 50 heavy (non-hydrogen) atoms. The summed E-state index contributed by atoms with van der Waals surface area (Å²) in [6.07, 6.45) is 0. The van der Waals surface area contributed by atoms with Crippen LogP contribution in [0, 0.1) is 3.57 Å². The van der Waals surface area contributed by atoms with Crippen LogP contribution in [0.2, 0.25) is 0 Å². The van der Waals surface area contributed by atoms with Gasteiger partial charge in [-0.25, -0.2) is 4.98 Å². The van der Waals surface area contributed by atoms with E-state index < -0.39 is 0 Å². The number of benzene rings is 7. The summed E-state index contributed by atoms with van der Waals surface area (Å²) < 4.78 is 16.5. The molecule has 0 atom stereocenters. The van der Waals surface area contributed by atoms with Crippen LogP contribution in [0.25, 0.3) is 105 Å². The monoisotopic (exact) mass is 752 g/mol. The Balaban J connectivity index is 1.28. The maximum atomic E-state index is 6.59. The maximum absolute atomic E-state index is 6.59. The van der Waals surface area contributed by atoms with Crippen molar-refractivity contribution in [1.29, 1.82) is 0 Å². The fourth-order valence-electron chi connectivity index (χ4n) is 7.82. The lowest BCUT2D eigenvalue weighted by Gasteiger charge is -2.16. The molecule has 0 fully saturated rings. The standard InChI is InChI=1S/C45H25IN2O2/c46-43-34(32-15-9-19-39-41(32)42-40(49-39)23-22-33-31-14-5-8-18-38(31)50-44(33)42)25-35(28-21-20-26-10-1-2-11-27(26)24-28)47-45(43)48-36-16-6-3-12-29(36)30-13-4-7-17-37(30)48/h1-25H. The zero-order valence-electron chi connectivity index (χ0n) is 26.5. The Morgan fingerprint density at radius 3 is 1.98 bits per heavy atom. The Hall–Kier alpha value is -5.92. The van der Waals surface area contributed by atoms with Gasteiger partial charge in [0.15, 0.2) is 5.82 Å². The smallest absolute Gasteiger partial charge is 0.152 e. The van der Waals surface area contributed by atoms with E-state index in [9.17, 15) is 0 Å². The summed E-state index contributed by atoms with van der Waals surface area (Å²) in [7, 11) is 0. The fraction of sp³-hybridized carbons (Fsp3) is 0. The summed E-state index contributed by atoms with van der Waals surface area (Å²) in [4.78, 5) is 5.50. The summed E-state index contributed by atoms with van der Waals surface area (Å²) in [6, 6.07) is 53.3. The molecule has 234 valence electrons. The largest absolute Gasteiger partial charge is 0.456 e. The highest BCUT2D eigenvalue weighted by Crippen LogP contribution is 2.45. The van der Waals surface area contributed by atoms with Gasteiger partial charge in [-0.05, 0) is 87.5 Å². The van der Waals surface area contributed by atoms with E-state index >= 15 is 0 Å². The first-order valence-corrected chi connectivity index (χ1v) is 17.7. The third-order valence-electron chi connectivity index (χ3n) is 10.1. The summed E-state index contributed by atoms with van der Waals surface area (Å²) >= 11 is 2.51. The summed E-state index contributed by atoms with van der Waals surface area (Å²) in [5.74, 6) is 0.891. The van der Waals surface area contributed by atoms with Crippen LogP contribution in [0.15, 0.2) is 160 Å². The highest BCUT2D eigenvalue weighted by Gasteiger charge is 2.24. The van der Waals surface area contributed by atoms with Crippen LogP contribution in [-0.4, -0.2) is 9.55 Å². The van der Waals surface area contributed by atoms with Crippen molar-refractivity contribution in [1.82, 2.24) is 9.55 Å². The van der Waals surface area contributed by atoms with Crippen molar-refractivity contribution in [2.24, 2.45) is 0 Å². The van der Waals surface area contributed by atoms with Crippen molar-refractivity contribution < 1.29 is 8.83 Å². The van der Waals surface area contributed by atoms with E-state index in [1.807, 2.05) is 12.1 Å². The van der Waals surface area contributed by atoms with Crippen molar-refractivity contribution >= 4 is 99.0 Å². The van der Waals surface area contributed by atoms with E-state index in [0.29, 0.717) is 0 Å². The molecule has 0 aliphatic carbocycles. The molecule has 0 aliphatic heterocycles. The molecule has 11 aromatic rings. The molecule has 0 saturated carbocycles. The molecular formula is C45H25IN2O2. The number of fused-ring (bicyclic) bond motifs is 11. The Kier molecular flexibility index (Phi) is 5.90. The third kappa shape index (κ3) is 3.95. The lowest BCUT2D eigenvalue weighted by atomic mass is 9.97. The lowest BCUT2D eigenvalue weighted by molar-refractivity contribution is 0.663. The van der Waals surface area contributed by atoms with E-state index in [2.05, 4.69) is 167 Å². The van der Waals surface area contributed by atoms with E-state index in [-0.39, 0.29) is 0 Å². The minimum Gasteiger partial charge on any atom is -0.456 e. The van der Waals surface area contributed by atoms with Crippen molar-refractivity contribution in [2.75, 3.05) is 0 Å². The molecule has 0 unspecified atom stereocenters. The zero-order valence-corrected chi connectivity index (χ0v) is 28.7. The second kappa shape index (κ2) is 10.5. The molecule has 4 nitrogen and oxygen atoms in total. The predicted octanol–water partition coefficient (Wildman–Crippen LogP) is 13.1. The average Bonchev–Trinajstić information content (AvgIpc) is 3.84. The maximum Gasteiger partial charge on any atom is 0.152 e. The van der Waals surface area contributed by atoms with E-state index in [1.165, 1.54) is 21.5 Å². The summed E-state index contributed by atoms with van der Waals surface area (Å²) in [5.41, 5.74) is 9.71. The second-order valence-electron chi connectivity index (χ2n) is 12.8. The molecule has 0 amide bonds. The molecule has 0 N–H and O–H groups in total. The van der Waals surface area contributed by atoms with Crippen molar-refractivity contribution in [3.05, 3.63) is 155 Å².